The average Bonchev–Trinajstić information content (AvgIpc) is 2.46. The van der Waals surface area contributed by atoms with Crippen LogP contribution in [-0.4, -0.2) is 19.1 Å². The van der Waals surface area contributed by atoms with Crippen LogP contribution < -0.4 is 14.8 Å². The zero-order valence-electron chi connectivity index (χ0n) is 10.8. The highest BCUT2D eigenvalue weighted by Gasteiger charge is 2.09. The minimum atomic E-state index is 0.383. The van der Waals surface area contributed by atoms with Crippen LogP contribution >= 0.6 is 15.9 Å². The topological polar surface area (TPSA) is 43.4 Å². The van der Waals surface area contributed by atoms with Crippen LogP contribution in [0.5, 0.6) is 11.5 Å². The zero-order valence-corrected chi connectivity index (χ0v) is 12.4. The van der Waals surface area contributed by atoms with Crippen LogP contribution in [0.3, 0.4) is 0 Å². The van der Waals surface area contributed by atoms with E-state index in [0.29, 0.717) is 18.1 Å². The number of anilines is 1. The number of nitrogens with zero attached hydrogens (tertiary/aromatic N) is 1. The van der Waals surface area contributed by atoms with Gasteiger partial charge >= 0.3 is 0 Å². The van der Waals surface area contributed by atoms with E-state index in [1.807, 2.05) is 43.4 Å². The van der Waals surface area contributed by atoms with Crippen molar-refractivity contribution < 1.29 is 9.47 Å². The van der Waals surface area contributed by atoms with Crippen LogP contribution in [0, 0.1) is 0 Å². The van der Waals surface area contributed by atoms with Crippen LogP contribution in [0.25, 0.3) is 0 Å². The molecule has 0 atom stereocenters. The van der Waals surface area contributed by atoms with Crippen LogP contribution in [0.2, 0.25) is 0 Å². The van der Waals surface area contributed by atoms with Crippen molar-refractivity contribution in [3.8, 4) is 11.5 Å². The second-order valence-electron chi connectivity index (χ2n) is 3.82. The zero-order chi connectivity index (χ0) is 13.7. The molecule has 100 valence electrons. The van der Waals surface area contributed by atoms with Gasteiger partial charge in [-0.1, -0.05) is 12.1 Å². The summed E-state index contributed by atoms with van der Waals surface area (Å²) >= 11 is 3.45. The van der Waals surface area contributed by atoms with Gasteiger partial charge in [-0.15, -0.1) is 0 Å². The number of benzene rings is 1. The highest BCUT2D eigenvalue weighted by atomic mass is 79.9. The Morgan fingerprint density at radius 1 is 1.21 bits per heavy atom. The van der Waals surface area contributed by atoms with Crippen molar-refractivity contribution in [1.29, 1.82) is 0 Å². The van der Waals surface area contributed by atoms with Crippen molar-refractivity contribution in [3.63, 3.8) is 0 Å². The fraction of sp³-hybridized carbons (Fsp3) is 0.214. The third-order valence-corrected chi connectivity index (χ3v) is 3.20. The van der Waals surface area contributed by atoms with Crippen LogP contribution in [0.15, 0.2) is 40.9 Å². The summed E-state index contributed by atoms with van der Waals surface area (Å²) in [5.41, 5.74) is 0.852. The maximum Gasteiger partial charge on any atom is 0.175 e. The largest absolute Gasteiger partial charge is 0.493 e. The molecule has 0 saturated heterocycles. The van der Waals surface area contributed by atoms with Gasteiger partial charge in [0.05, 0.1) is 17.3 Å². The number of hydrogen-bond acceptors (Lipinski definition) is 4. The molecule has 5 heteroatoms. The first kappa shape index (κ1) is 13.7. The number of methoxy groups -OCH3 is 1. The Morgan fingerprint density at radius 2 is 2.00 bits per heavy atom. The Hall–Kier alpha value is -1.75. The second kappa shape index (κ2) is 6.43. The van der Waals surface area contributed by atoms with E-state index in [4.69, 9.17) is 9.47 Å². The Labute approximate surface area is 120 Å². The standard InChI is InChI=1S/C14H15BrN2O2/c1-16-13-8-3-5-10(17-13)9-19-14-11(15)6-4-7-12(14)18-2/h3-8H,9H2,1-2H3,(H,16,17). The molecule has 0 spiro atoms. The molecule has 0 saturated carbocycles. The lowest BCUT2D eigenvalue weighted by Crippen LogP contribution is -2.02. The summed E-state index contributed by atoms with van der Waals surface area (Å²) in [6, 6.07) is 11.4. The molecular formula is C14H15BrN2O2. The van der Waals surface area contributed by atoms with E-state index in [2.05, 4.69) is 26.2 Å². The molecule has 1 heterocycles. The van der Waals surface area contributed by atoms with Crippen molar-refractivity contribution in [2.75, 3.05) is 19.5 Å². The summed E-state index contributed by atoms with van der Waals surface area (Å²) in [6.45, 7) is 0.383. The number of para-hydroxylation sites is 1. The van der Waals surface area contributed by atoms with Gasteiger partial charge in [-0.25, -0.2) is 4.98 Å². The number of pyridine rings is 1. The van der Waals surface area contributed by atoms with Crippen LogP contribution in [0.1, 0.15) is 5.69 Å². The first-order valence-electron chi connectivity index (χ1n) is 5.83. The SMILES string of the molecule is CNc1cccc(COc2c(Br)cccc2OC)n1. The van der Waals surface area contributed by atoms with E-state index in [1.165, 1.54) is 0 Å². The van der Waals surface area contributed by atoms with Gasteiger partial charge in [-0.05, 0) is 40.2 Å². The third-order valence-electron chi connectivity index (χ3n) is 2.58. The first-order chi connectivity index (χ1) is 9.24. The average molecular weight is 323 g/mol. The van der Waals surface area contributed by atoms with Crippen molar-refractivity contribution >= 4 is 21.7 Å². The smallest absolute Gasteiger partial charge is 0.175 e. The summed E-state index contributed by atoms with van der Waals surface area (Å²) in [5, 5.41) is 3.00. The fourth-order valence-electron chi connectivity index (χ4n) is 1.64. The molecular weight excluding hydrogens is 308 g/mol. The molecule has 1 aromatic carbocycles. The summed E-state index contributed by atoms with van der Waals surface area (Å²) in [6.07, 6.45) is 0. The Bertz CT molecular complexity index is 561. The van der Waals surface area contributed by atoms with Crippen molar-refractivity contribution in [3.05, 3.63) is 46.6 Å². The van der Waals surface area contributed by atoms with Gasteiger partial charge in [0.2, 0.25) is 0 Å². The van der Waals surface area contributed by atoms with Crippen LogP contribution in [0.4, 0.5) is 5.82 Å². The molecule has 0 aliphatic rings. The Balaban J connectivity index is 2.14. The van der Waals surface area contributed by atoms with E-state index < -0.39 is 0 Å². The number of hydrogen-bond donors (Lipinski definition) is 1. The molecule has 2 rings (SSSR count). The summed E-state index contributed by atoms with van der Waals surface area (Å²) < 4.78 is 11.9. The van der Waals surface area contributed by atoms with Gasteiger partial charge in [0, 0.05) is 7.05 Å². The molecule has 19 heavy (non-hydrogen) atoms. The lowest BCUT2D eigenvalue weighted by molar-refractivity contribution is 0.279. The van der Waals surface area contributed by atoms with Gasteiger partial charge in [0.1, 0.15) is 12.4 Å². The normalized spacial score (nSPS) is 10.1. The molecule has 0 aliphatic heterocycles. The molecule has 0 aliphatic carbocycles. The van der Waals surface area contributed by atoms with Gasteiger partial charge < -0.3 is 14.8 Å². The van der Waals surface area contributed by atoms with E-state index in [0.717, 1.165) is 16.0 Å². The van der Waals surface area contributed by atoms with Crippen molar-refractivity contribution in [2.24, 2.45) is 0 Å². The third kappa shape index (κ3) is 3.38. The van der Waals surface area contributed by atoms with Gasteiger partial charge in [0.25, 0.3) is 0 Å². The predicted molar refractivity (Wildman–Crippen MR) is 78.8 cm³/mol. The highest BCUT2D eigenvalue weighted by molar-refractivity contribution is 9.10. The Kier molecular flexibility index (Phi) is 4.63. The van der Waals surface area contributed by atoms with Crippen molar-refractivity contribution in [2.45, 2.75) is 6.61 Å². The number of nitrogens with one attached hydrogen (secondary N) is 1. The summed E-state index contributed by atoms with van der Waals surface area (Å²) in [7, 11) is 3.46. The van der Waals surface area contributed by atoms with E-state index in [9.17, 15) is 0 Å². The molecule has 0 amide bonds. The molecule has 0 bridgehead atoms. The lowest BCUT2D eigenvalue weighted by Gasteiger charge is -2.12. The number of halogens is 1. The fourth-order valence-corrected chi connectivity index (χ4v) is 2.10. The molecule has 4 nitrogen and oxygen atoms in total. The molecule has 2 aromatic rings. The monoisotopic (exact) mass is 322 g/mol. The maximum atomic E-state index is 5.78. The number of rotatable bonds is 5. The molecule has 0 unspecified atom stereocenters. The van der Waals surface area contributed by atoms with Gasteiger partial charge in [0.15, 0.2) is 11.5 Å². The second-order valence-corrected chi connectivity index (χ2v) is 4.68. The minimum absolute atomic E-state index is 0.383. The van der Waals surface area contributed by atoms with Gasteiger partial charge in [-0.2, -0.15) is 0 Å². The first-order valence-corrected chi connectivity index (χ1v) is 6.63. The molecule has 1 aromatic heterocycles. The molecule has 0 fully saturated rings. The number of ether oxygens (including phenoxy) is 2. The summed E-state index contributed by atoms with van der Waals surface area (Å²) in [4.78, 5) is 4.40. The molecule has 1 N–H and O–H groups in total. The van der Waals surface area contributed by atoms with Crippen molar-refractivity contribution in [1.82, 2.24) is 4.98 Å². The van der Waals surface area contributed by atoms with E-state index >= 15 is 0 Å². The van der Waals surface area contributed by atoms with E-state index in [1.54, 1.807) is 7.11 Å². The van der Waals surface area contributed by atoms with E-state index in [-0.39, 0.29) is 0 Å². The minimum Gasteiger partial charge on any atom is -0.493 e. The Morgan fingerprint density at radius 3 is 2.74 bits per heavy atom. The quantitative estimate of drug-likeness (QED) is 0.915. The highest BCUT2D eigenvalue weighted by Crippen LogP contribution is 2.35. The maximum absolute atomic E-state index is 5.78. The van der Waals surface area contributed by atoms with Gasteiger partial charge in [-0.3, -0.25) is 0 Å². The number of aromatic nitrogens is 1. The lowest BCUT2D eigenvalue weighted by atomic mass is 10.3. The predicted octanol–water partition coefficient (Wildman–Crippen LogP) is 3.47. The summed E-state index contributed by atoms with van der Waals surface area (Å²) in [5.74, 6) is 2.20. The molecule has 0 radical (unpaired) electrons. The van der Waals surface area contributed by atoms with Crippen LogP contribution in [-0.2, 0) is 6.61 Å².